The van der Waals surface area contributed by atoms with E-state index in [2.05, 4.69) is 4.98 Å². The van der Waals surface area contributed by atoms with Crippen molar-refractivity contribution >= 4 is 17.0 Å². The van der Waals surface area contributed by atoms with Crippen molar-refractivity contribution in [2.24, 2.45) is 5.92 Å². The predicted octanol–water partition coefficient (Wildman–Crippen LogP) is 3.27. The van der Waals surface area contributed by atoms with Gasteiger partial charge in [0.15, 0.2) is 11.5 Å². The third kappa shape index (κ3) is 3.87. The van der Waals surface area contributed by atoms with Crippen LogP contribution in [0.3, 0.4) is 0 Å². The molecule has 0 saturated carbocycles. The smallest absolute Gasteiger partial charge is 0.253 e. The molecule has 1 amide bonds. The predicted molar refractivity (Wildman–Crippen MR) is 106 cm³/mol. The summed E-state index contributed by atoms with van der Waals surface area (Å²) >= 11 is 0. The number of hydrogen-bond acceptors (Lipinski definition) is 5. The lowest BCUT2D eigenvalue weighted by Gasteiger charge is -2.31. The average molecular weight is 380 g/mol. The average Bonchev–Trinajstić information content (AvgIpc) is 3.15. The molecule has 28 heavy (non-hydrogen) atoms. The topological polar surface area (TPSA) is 75.8 Å². The number of nitrogens with zero attached hydrogens (tertiary/aromatic N) is 2. The Morgan fingerprint density at radius 3 is 2.64 bits per heavy atom. The molecule has 2 heterocycles. The number of ether oxygens (including phenoxy) is 1. The highest BCUT2D eigenvalue weighted by atomic mass is 16.5. The SMILES string of the molecule is COc1ccc(Cc2nc3ccc(C(=O)N4CCC(CO)CC4)cc3o2)cc1. The highest BCUT2D eigenvalue weighted by molar-refractivity contribution is 5.97. The molecular weight excluding hydrogens is 356 g/mol. The van der Waals surface area contributed by atoms with Crippen molar-refractivity contribution in [3.05, 3.63) is 59.5 Å². The molecule has 1 aliphatic heterocycles. The maximum absolute atomic E-state index is 12.8. The molecule has 2 aromatic carbocycles. The van der Waals surface area contributed by atoms with Crippen LogP contribution < -0.4 is 4.74 Å². The molecule has 1 aromatic heterocycles. The Balaban J connectivity index is 1.49. The fraction of sp³-hybridized carbons (Fsp3) is 0.364. The van der Waals surface area contributed by atoms with Crippen LogP contribution in [-0.2, 0) is 6.42 Å². The Hall–Kier alpha value is -2.86. The van der Waals surface area contributed by atoms with Crippen molar-refractivity contribution in [3.63, 3.8) is 0 Å². The van der Waals surface area contributed by atoms with Crippen molar-refractivity contribution < 1.29 is 19.1 Å². The summed E-state index contributed by atoms with van der Waals surface area (Å²) in [5.41, 5.74) is 3.07. The molecule has 0 bridgehead atoms. The number of aliphatic hydroxyl groups is 1. The van der Waals surface area contributed by atoms with Crippen molar-refractivity contribution in [3.8, 4) is 5.75 Å². The molecule has 1 fully saturated rings. The van der Waals surface area contributed by atoms with Gasteiger partial charge in [0.2, 0.25) is 0 Å². The van der Waals surface area contributed by atoms with Gasteiger partial charge in [-0.3, -0.25) is 4.79 Å². The Morgan fingerprint density at radius 2 is 1.96 bits per heavy atom. The molecule has 0 atom stereocenters. The number of amides is 1. The lowest BCUT2D eigenvalue weighted by atomic mass is 9.97. The third-order valence-corrected chi connectivity index (χ3v) is 5.35. The summed E-state index contributed by atoms with van der Waals surface area (Å²) in [4.78, 5) is 19.2. The molecule has 4 rings (SSSR count). The van der Waals surface area contributed by atoms with E-state index in [1.54, 1.807) is 13.2 Å². The van der Waals surface area contributed by atoms with Crippen molar-refractivity contribution in [1.29, 1.82) is 0 Å². The lowest BCUT2D eigenvalue weighted by Crippen LogP contribution is -2.39. The zero-order valence-corrected chi connectivity index (χ0v) is 15.9. The quantitative estimate of drug-likeness (QED) is 0.735. The van der Waals surface area contributed by atoms with Crippen molar-refractivity contribution in [2.75, 3.05) is 26.8 Å². The van der Waals surface area contributed by atoms with E-state index >= 15 is 0 Å². The number of aromatic nitrogens is 1. The van der Waals surface area contributed by atoms with Crippen molar-refractivity contribution in [1.82, 2.24) is 9.88 Å². The molecule has 6 nitrogen and oxygen atoms in total. The van der Waals surface area contributed by atoms with E-state index in [9.17, 15) is 9.90 Å². The zero-order valence-electron chi connectivity index (χ0n) is 15.9. The van der Waals surface area contributed by atoms with Gasteiger partial charge in [-0.05, 0) is 54.7 Å². The molecule has 1 aliphatic rings. The van der Waals surface area contributed by atoms with E-state index in [0.717, 1.165) is 29.7 Å². The van der Waals surface area contributed by atoms with Crippen LogP contribution >= 0.6 is 0 Å². The molecular formula is C22H24N2O4. The third-order valence-electron chi connectivity index (χ3n) is 5.35. The highest BCUT2D eigenvalue weighted by Gasteiger charge is 2.23. The second-order valence-electron chi connectivity index (χ2n) is 7.23. The van der Waals surface area contributed by atoms with Gasteiger partial charge in [0.05, 0.1) is 7.11 Å². The number of likely N-dealkylation sites (tertiary alicyclic amines) is 1. The first-order chi connectivity index (χ1) is 13.7. The van der Waals surface area contributed by atoms with E-state index < -0.39 is 0 Å². The maximum atomic E-state index is 12.8. The second kappa shape index (κ2) is 8.02. The summed E-state index contributed by atoms with van der Waals surface area (Å²) in [6.07, 6.45) is 2.27. The molecule has 0 unspecified atom stereocenters. The van der Waals surface area contributed by atoms with Gasteiger partial charge in [-0.25, -0.2) is 4.98 Å². The van der Waals surface area contributed by atoms with Gasteiger partial charge >= 0.3 is 0 Å². The van der Waals surface area contributed by atoms with E-state index in [0.29, 0.717) is 42.5 Å². The minimum Gasteiger partial charge on any atom is -0.497 e. The van der Waals surface area contributed by atoms with Crippen LogP contribution in [-0.4, -0.2) is 47.7 Å². The molecule has 0 radical (unpaired) electrons. The van der Waals surface area contributed by atoms with Gasteiger partial charge in [-0.2, -0.15) is 0 Å². The van der Waals surface area contributed by atoms with Crippen LogP contribution in [0.15, 0.2) is 46.9 Å². The number of carbonyl (C=O) groups is 1. The molecule has 0 aliphatic carbocycles. The number of hydrogen-bond donors (Lipinski definition) is 1. The molecule has 1 N–H and O–H groups in total. The summed E-state index contributed by atoms with van der Waals surface area (Å²) in [5, 5.41) is 9.26. The van der Waals surface area contributed by atoms with E-state index in [1.807, 2.05) is 41.3 Å². The largest absolute Gasteiger partial charge is 0.497 e. The lowest BCUT2D eigenvalue weighted by molar-refractivity contribution is 0.0651. The first-order valence-electron chi connectivity index (χ1n) is 9.59. The van der Waals surface area contributed by atoms with Crippen LogP contribution in [0.5, 0.6) is 5.75 Å². The van der Waals surface area contributed by atoms with Crippen LogP contribution in [0.2, 0.25) is 0 Å². The summed E-state index contributed by atoms with van der Waals surface area (Å²) in [7, 11) is 1.64. The van der Waals surface area contributed by atoms with Gasteiger partial charge in [-0.15, -0.1) is 0 Å². The molecule has 1 saturated heterocycles. The van der Waals surface area contributed by atoms with Crippen LogP contribution in [0, 0.1) is 5.92 Å². The number of benzene rings is 2. The molecule has 0 spiro atoms. The van der Waals surface area contributed by atoms with Gasteiger partial charge in [0.1, 0.15) is 11.3 Å². The number of piperidine rings is 1. The van der Waals surface area contributed by atoms with Crippen LogP contribution in [0.25, 0.3) is 11.1 Å². The summed E-state index contributed by atoms with van der Waals surface area (Å²) < 4.78 is 11.1. The van der Waals surface area contributed by atoms with Gasteiger partial charge < -0.3 is 19.2 Å². The molecule has 6 heteroatoms. The molecule has 146 valence electrons. The molecule has 3 aromatic rings. The monoisotopic (exact) mass is 380 g/mol. The van der Waals surface area contributed by atoms with E-state index in [4.69, 9.17) is 9.15 Å². The van der Waals surface area contributed by atoms with Gasteiger partial charge in [-0.1, -0.05) is 12.1 Å². The summed E-state index contributed by atoms with van der Waals surface area (Å²) in [5.74, 6) is 1.74. The fourth-order valence-electron chi connectivity index (χ4n) is 3.60. The fourth-order valence-corrected chi connectivity index (χ4v) is 3.60. The summed E-state index contributed by atoms with van der Waals surface area (Å²) in [6.45, 7) is 1.56. The number of carbonyl (C=O) groups excluding carboxylic acids is 1. The maximum Gasteiger partial charge on any atom is 0.253 e. The number of methoxy groups -OCH3 is 1. The van der Waals surface area contributed by atoms with Crippen LogP contribution in [0.1, 0.15) is 34.7 Å². The number of oxazole rings is 1. The Kier molecular flexibility index (Phi) is 5.30. The zero-order chi connectivity index (χ0) is 19.5. The second-order valence-corrected chi connectivity index (χ2v) is 7.23. The normalized spacial score (nSPS) is 15.1. The minimum absolute atomic E-state index is 0.00592. The van der Waals surface area contributed by atoms with Crippen molar-refractivity contribution in [2.45, 2.75) is 19.3 Å². The Morgan fingerprint density at radius 1 is 1.21 bits per heavy atom. The van der Waals surface area contributed by atoms with Gasteiger partial charge in [0, 0.05) is 31.7 Å². The minimum atomic E-state index is 0.00592. The first kappa shape index (κ1) is 18.5. The van der Waals surface area contributed by atoms with Gasteiger partial charge in [0.25, 0.3) is 5.91 Å². The Labute approximate surface area is 163 Å². The number of rotatable bonds is 5. The van der Waals surface area contributed by atoms with E-state index in [1.165, 1.54) is 0 Å². The first-order valence-corrected chi connectivity index (χ1v) is 9.59. The number of aliphatic hydroxyl groups excluding tert-OH is 1. The summed E-state index contributed by atoms with van der Waals surface area (Å²) in [6, 6.07) is 13.2. The Bertz CT molecular complexity index is 956. The van der Waals surface area contributed by atoms with E-state index in [-0.39, 0.29) is 12.5 Å². The number of fused-ring (bicyclic) bond motifs is 1. The van der Waals surface area contributed by atoms with Crippen LogP contribution in [0.4, 0.5) is 0 Å². The standard InChI is InChI=1S/C22H24N2O4/c1-27-18-5-2-15(3-6-18)12-21-23-19-7-4-17(13-20(19)28-21)22(26)24-10-8-16(14-25)9-11-24/h2-7,13,16,25H,8-12,14H2,1H3. The highest BCUT2D eigenvalue weighted by Crippen LogP contribution is 2.23.